The fourth-order valence-electron chi connectivity index (χ4n) is 2.73. The maximum absolute atomic E-state index is 12.2. The molecule has 1 atom stereocenters. The molecule has 1 aliphatic rings. The lowest BCUT2D eigenvalue weighted by Crippen LogP contribution is -2.44. The Morgan fingerprint density at radius 1 is 1.22 bits per heavy atom. The van der Waals surface area contributed by atoms with Crippen LogP contribution in [0.5, 0.6) is 0 Å². The summed E-state index contributed by atoms with van der Waals surface area (Å²) in [4.78, 5) is 37.0. The van der Waals surface area contributed by atoms with Gasteiger partial charge in [0.05, 0.1) is 6.04 Å². The topological polar surface area (TPSA) is 87.7 Å². The number of carbonyl (C=O) groups excluding carboxylic acids is 1. The van der Waals surface area contributed by atoms with Gasteiger partial charge in [0.2, 0.25) is 0 Å². The predicted octanol–water partition coefficient (Wildman–Crippen LogP) is 1.53. The number of amides is 1. The first-order valence-electron chi connectivity index (χ1n) is 8.05. The largest absolute Gasteiger partial charge is 0.444 e. The predicted molar refractivity (Wildman–Crippen MR) is 90.0 cm³/mol. The van der Waals surface area contributed by atoms with Crippen LogP contribution in [0.15, 0.2) is 9.59 Å². The van der Waals surface area contributed by atoms with Crippen LogP contribution < -0.4 is 21.5 Å². The second-order valence-corrected chi connectivity index (χ2v) is 6.79. The summed E-state index contributed by atoms with van der Waals surface area (Å²) in [6.45, 7) is 9.02. The first-order valence-corrected chi connectivity index (χ1v) is 8.05. The van der Waals surface area contributed by atoms with Crippen molar-refractivity contribution in [2.75, 3.05) is 30.3 Å². The third kappa shape index (κ3) is 3.83. The molecule has 7 nitrogen and oxygen atoms in total. The molecule has 0 saturated carbocycles. The van der Waals surface area contributed by atoms with Crippen molar-refractivity contribution in [3.8, 4) is 0 Å². The van der Waals surface area contributed by atoms with Crippen molar-refractivity contribution in [2.24, 2.45) is 0 Å². The second-order valence-electron chi connectivity index (χ2n) is 6.79. The highest BCUT2D eigenvalue weighted by molar-refractivity contribution is 5.74. The lowest BCUT2D eigenvalue weighted by molar-refractivity contribution is 0.0235. The SMILES string of the molecule is CCNc1c(NC[C@@H]2CCCN2C(=O)OC(C)(C)C)c(=O)c1=O. The molecule has 1 aliphatic heterocycles. The number of hydrogen-bond acceptors (Lipinski definition) is 6. The van der Waals surface area contributed by atoms with E-state index in [1.807, 2.05) is 27.7 Å². The van der Waals surface area contributed by atoms with Crippen LogP contribution in [0.2, 0.25) is 0 Å². The maximum atomic E-state index is 12.2. The monoisotopic (exact) mass is 323 g/mol. The van der Waals surface area contributed by atoms with Crippen molar-refractivity contribution < 1.29 is 9.53 Å². The summed E-state index contributed by atoms with van der Waals surface area (Å²) in [5.41, 5.74) is -0.839. The number of hydrogen-bond donors (Lipinski definition) is 2. The Hall–Kier alpha value is -2.05. The van der Waals surface area contributed by atoms with E-state index in [-0.39, 0.29) is 12.1 Å². The molecule has 1 aromatic rings. The summed E-state index contributed by atoms with van der Waals surface area (Å²) in [6.07, 6.45) is 1.41. The lowest BCUT2D eigenvalue weighted by Gasteiger charge is -2.29. The quantitative estimate of drug-likeness (QED) is 0.799. The second kappa shape index (κ2) is 6.60. The minimum absolute atomic E-state index is 0.0382. The molecule has 1 fully saturated rings. The Morgan fingerprint density at radius 2 is 1.83 bits per heavy atom. The number of anilines is 2. The van der Waals surface area contributed by atoms with Crippen LogP contribution in [0.1, 0.15) is 40.5 Å². The molecule has 7 heteroatoms. The zero-order valence-corrected chi connectivity index (χ0v) is 14.2. The standard InChI is InChI=1S/C16H25N3O4/c1-5-17-11-12(14(21)13(11)20)18-9-10-7-6-8-19(10)15(22)23-16(2,3)4/h10,17-18H,5-9H2,1-4H3/t10-/m0/s1. The highest BCUT2D eigenvalue weighted by Gasteiger charge is 2.32. The summed E-state index contributed by atoms with van der Waals surface area (Å²) in [6, 6.07) is -0.0382. The van der Waals surface area contributed by atoms with Gasteiger partial charge >= 0.3 is 6.09 Å². The molecule has 1 aromatic carbocycles. The molecule has 0 spiro atoms. The van der Waals surface area contributed by atoms with Gasteiger partial charge in [-0.1, -0.05) is 0 Å². The van der Waals surface area contributed by atoms with Crippen LogP contribution in [0.3, 0.4) is 0 Å². The Morgan fingerprint density at radius 3 is 2.39 bits per heavy atom. The van der Waals surface area contributed by atoms with Gasteiger partial charge < -0.3 is 20.3 Å². The van der Waals surface area contributed by atoms with Crippen molar-refractivity contribution >= 4 is 17.5 Å². The molecular formula is C16H25N3O4. The number of nitrogens with zero attached hydrogens (tertiary/aromatic N) is 1. The van der Waals surface area contributed by atoms with Crippen LogP contribution in [0, 0.1) is 0 Å². The minimum Gasteiger partial charge on any atom is -0.444 e. The fraction of sp³-hybridized carbons (Fsp3) is 0.688. The number of carbonyl (C=O) groups is 1. The third-order valence-electron chi connectivity index (χ3n) is 3.78. The Bertz CT molecular complexity index is 641. The van der Waals surface area contributed by atoms with Crippen LogP contribution >= 0.6 is 0 Å². The van der Waals surface area contributed by atoms with E-state index in [1.54, 1.807) is 4.90 Å². The van der Waals surface area contributed by atoms with Crippen molar-refractivity contribution in [3.63, 3.8) is 0 Å². The van der Waals surface area contributed by atoms with E-state index in [4.69, 9.17) is 4.74 Å². The van der Waals surface area contributed by atoms with Gasteiger partial charge in [0, 0.05) is 19.6 Å². The molecule has 0 aromatic heterocycles. The smallest absolute Gasteiger partial charge is 0.410 e. The molecule has 0 bridgehead atoms. The minimum atomic E-state index is -0.533. The van der Waals surface area contributed by atoms with Gasteiger partial charge in [0.15, 0.2) is 0 Å². The Kier molecular flexibility index (Phi) is 4.97. The first-order chi connectivity index (χ1) is 10.7. The van der Waals surface area contributed by atoms with Crippen LogP contribution in [0.4, 0.5) is 16.2 Å². The highest BCUT2D eigenvalue weighted by Crippen LogP contribution is 2.22. The van der Waals surface area contributed by atoms with Gasteiger partial charge in [-0.2, -0.15) is 0 Å². The molecule has 0 radical (unpaired) electrons. The molecule has 1 saturated heterocycles. The van der Waals surface area contributed by atoms with Gasteiger partial charge in [-0.15, -0.1) is 0 Å². The average molecular weight is 323 g/mol. The molecule has 1 amide bonds. The number of nitrogens with one attached hydrogen (secondary N) is 2. The molecule has 23 heavy (non-hydrogen) atoms. The van der Waals surface area contributed by atoms with Gasteiger partial charge in [-0.25, -0.2) is 4.79 Å². The summed E-state index contributed by atoms with van der Waals surface area (Å²) >= 11 is 0. The van der Waals surface area contributed by atoms with E-state index in [1.165, 1.54) is 0 Å². The van der Waals surface area contributed by atoms with Gasteiger partial charge in [-0.05, 0) is 40.5 Å². The van der Waals surface area contributed by atoms with E-state index < -0.39 is 16.5 Å². The average Bonchev–Trinajstić information content (AvgIpc) is 2.92. The van der Waals surface area contributed by atoms with E-state index in [0.29, 0.717) is 31.0 Å². The summed E-state index contributed by atoms with van der Waals surface area (Å²) in [7, 11) is 0. The zero-order chi connectivity index (χ0) is 17.2. The summed E-state index contributed by atoms with van der Waals surface area (Å²) in [5.74, 6) is 0. The summed E-state index contributed by atoms with van der Waals surface area (Å²) in [5, 5.41) is 5.92. The normalized spacial score (nSPS) is 18.3. The third-order valence-corrected chi connectivity index (χ3v) is 3.78. The van der Waals surface area contributed by atoms with E-state index in [9.17, 15) is 14.4 Å². The van der Waals surface area contributed by atoms with Crippen molar-refractivity contribution in [1.29, 1.82) is 0 Å². The lowest BCUT2D eigenvalue weighted by atomic mass is 10.1. The van der Waals surface area contributed by atoms with Gasteiger partial charge in [0.1, 0.15) is 17.0 Å². The highest BCUT2D eigenvalue weighted by atomic mass is 16.6. The van der Waals surface area contributed by atoms with Gasteiger partial charge in [-0.3, -0.25) is 9.59 Å². The molecule has 0 aliphatic carbocycles. The number of ether oxygens (including phenoxy) is 1. The number of rotatable bonds is 5. The van der Waals surface area contributed by atoms with Gasteiger partial charge in [0.25, 0.3) is 10.9 Å². The van der Waals surface area contributed by atoms with Crippen molar-refractivity contribution in [1.82, 2.24) is 4.90 Å². The van der Waals surface area contributed by atoms with Crippen LogP contribution in [-0.4, -0.2) is 42.3 Å². The number of likely N-dealkylation sites (tertiary alicyclic amines) is 1. The maximum Gasteiger partial charge on any atom is 0.410 e. The van der Waals surface area contributed by atoms with E-state index in [2.05, 4.69) is 10.6 Å². The molecule has 2 N–H and O–H groups in total. The molecule has 2 rings (SSSR count). The summed E-state index contributed by atoms with van der Waals surface area (Å²) < 4.78 is 5.41. The molecule has 0 unspecified atom stereocenters. The zero-order valence-electron chi connectivity index (χ0n) is 14.2. The van der Waals surface area contributed by atoms with E-state index in [0.717, 1.165) is 12.8 Å². The van der Waals surface area contributed by atoms with Crippen molar-refractivity contribution in [3.05, 3.63) is 20.4 Å². The molecule has 128 valence electrons. The Labute approximate surface area is 135 Å². The van der Waals surface area contributed by atoms with E-state index >= 15 is 0 Å². The van der Waals surface area contributed by atoms with Crippen LogP contribution in [0.25, 0.3) is 0 Å². The molecular weight excluding hydrogens is 298 g/mol. The first kappa shape index (κ1) is 17.3. The Balaban J connectivity index is 1.97. The van der Waals surface area contributed by atoms with Crippen LogP contribution in [-0.2, 0) is 4.74 Å². The molecule has 1 heterocycles. The fourth-order valence-corrected chi connectivity index (χ4v) is 2.73. The van der Waals surface area contributed by atoms with Crippen molar-refractivity contribution in [2.45, 2.75) is 52.2 Å².